The number of furan rings is 1. The van der Waals surface area contributed by atoms with Crippen molar-refractivity contribution >= 4 is 17.5 Å². The van der Waals surface area contributed by atoms with Crippen LogP contribution in [0.5, 0.6) is 0 Å². The molecule has 0 bridgehead atoms. The number of nitrogens with zero attached hydrogens (tertiary/aromatic N) is 4. The summed E-state index contributed by atoms with van der Waals surface area (Å²) < 4.78 is 7.17. The van der Waals surface area contributed by atoms with E-state index in [1.54, 1.807) is 28.8 Å². The van der Waals surface area contributed by atoms with Crippen LogP contribution in [0.2, 0.25) is 0 Å². The molecule has 0 aromatic carbocycles. The van der Waals surface area contributed by atoms with E-state index in [4.69, 9.17) is 4.42 Å². The van der Waals surface area contributed by atoms with Crippen LogP contribution in [-0.4, -0.2) is 45.1 Å². The Morgan fingerprint density at radius 3 is 2.75 bits per heavy atom. The van der Waals surface area contributed by atoms with E-state index in [9.17, 15) is 9.59 Å². The first-order valence-corrected chi connectivity index (χ1v) is 8.14. The van der Waals surface area contributed by atoms with Crippen molar-refractivity contribution in [2.75, 3.05) is 11.4 Å². The maximum atomic E-state index is 12.9. The molecular formula is C17H20N4O3. The maximum Gasteiger partial charge on any atom is 0.257 e. The van der Waals surface area contributed by atoms with Gasteiger partial charge in [-0.15, -0.1) is 0 Å². The van der Waals surface area contributed by atoms with Gasteiger partial charge < -0.3 is 14.2 Å². The van der Waals surface area contributed by atoms with Gasteiger partial charge in [0, 0.05) is 26.2 Å². The molecule has 2 saturated heterocycles. The van der Waals surface area contributed by atoms with E-state index in [1.165, 1.54) is 0 Å². The molecule has 4 heterocycles. The molecule has 126 valence electrons. The number of hydrogen-bond acceptors (Lipinski definition) is 4. The number of fused-ring (bicyclic) bond motifs is 1. The summed E-state index contributed by atoms with van der Waals surface area (Å²) in [4.78, 5) is 29.0. The van der Waals surface area contributed by atoms with Crippen LogP contribution in [0.4, 0.5) is 5.69 Å². The van der Waals surface area contributed by atoms with Gasteiger partial charge in [-0.05, 0) is 26.3 Å². The minimum absolute atomic E-state index is 0.0268. The van der Waals surface area contributed by atoms with Crippen LogP contribution in [0.1, 0.15) is 34.7 Å². The number of carbonyl (C=O) groups excluding carboxylic acids is 2. The molecule has 4 rings (SSSR count). The zero-order chi connectivity index (χ0) is 17.0. The fourth-order valence-corrected chi connectivity index (χ4v) is 3.97. The minimum Gasteiger partial charge on any atom is -0.466 e. The second-order valence-electron chi connectivity index (χ2n) is 6.59. The predicted molar refractivity (Wildman–Crippen MR) is 86.7 cm³/mol. The summed E-state index contributed by atoms with van der Waals surface area (Å²) in [7, 11) is 1.83. The van der Waals surface area contributed by atoms with Gasteiger partial charge >= 0.3 is 0 Å². The quantitative estimate of drug-likeness (QED) is 0.840. The Kier molecular flexibility index (Phi) is 3.26. The first-order chi connectivity index (χ1) is 11.5. The van der Waals surface area contributed by atoms with Crippen LogP contribution < -0.4 is 4.90 Å². The van der Waals surface area contributed by atoms with Crippen molar-refractivity contribution in [3.63, 3.8) is 0 Å². The van der Waals surface area contributed by atoms with Crippen LogP contribution in [-0.2, 0) is 11.8 Å². The summed E-state index contributed by atoms with van der Waals surface area (Å²) in [5.74, 6) is 1.37. The number of likely N-dealkylation sites (tertiary alicyclic amines) is 1. The number of amides is 2. The van der Waals surface area contributed by atoms with Crippen molar-refractivity contribution < 1.29 is 14.0 Å². The molecule has 2 atom stereocenters. The molecule has 0 N–H and O–H groups in total. The largest absolute Gasteiger partial charge is 0.466 e. The molecule has 0 radical (unpaired) electrons. The molecule has 2 aromatic rings. The Morgan fingerprint density at radius 1 is 1.33 bits per heavy atom. The number of rotatable bonds is 2. The van der Waals surface area contributed by atoms with E-state index in [2.05, 4.69) is 5.10 Å². The smallest absolute Gasteiger partial charge is 0.257 e. The highest BCUT2D eigenvalue weighted by molar-refractivity contribution is 6.00. The van der Waals surface area contributed by atoms with Gasteiger partial charge in [0.1, 0.15) is 11.5 Å². The van der Waals surface area contributed by atoms with Gasteiger partial charge in [0.2, 0.25) is 5.91 Å². The number of anilines is 1. The van der Waals surface area contributed by atoms with E-state index >= 15 is 0 Å². The molecule has 7 nitrogen and oxygen atoms in total. The zero-order valence-corrected chi connectivity index (χ0v) is 14.0. The molecule has 0 unspecified atom stereocenters. The predicted octanol–water partition coefficient (Wildman–Crippen LogP) is 1.65. The molecule has 0 aliphatic carbocycles. The maximum absolute atomic E-state index is 12.9. The van der Waals surface area contributed by atoms with Gasteiger partial charge in [-0.3, -0.25) is 14.3 Å². The summed E-state index contributed by atoms with van der Waals surface area (Å²) >= 11 is 0. The first-order valence-electron chi connectivity index (χ1n) is 8.14. The summed E-state index contributed by atoms with van der Waals surface area (Å²) in [6.45, 7) is 4.29. The van der Waals surface area contributed by atoms with Crippen molar-refractivity contribution in [3.8, 4) is 0 Å². The highest BCUT2D eigenvalue weighted by Crippen LogP contribution is 2.36. The van der Waals surface area contributed by atoms with E-state index in [0.29, 0.717) is 24.3 Å². The molecule has 0 spiro atoms. The van der Waals surface area contributed by atoms with Crippen LogP contribution in [0.25, 0.3) is 0 Å². The van der Waals surface area contributed by atoms with Crippen molar-refractivity contribution in [1.82, 2.24) is 14.7 Å². The Labute approximate surface area is 139 Å². The lowest BCUT2D eigenvalue weighted by molar-refractivity contribution is -0.117. The number of carbonyl (C=O) groups is 2. The number of hydrogen-bond donors (Lipinski definition) is 0. The molecule has 24 heavy (non-hydrogen) atoms. The highest BCUT2D eigenvalue weighted by atomic mass is 16.3. The summed E-state index contributed by atoms with van der Waals surface area (Å²) in [6, 6.07) is 1.72. The third-order valence-corrected chi connectivity index (χ3v) is 5.00. The first kappa shape index (κ1) is 15.0. The molecule has 2 fully saturated rings. The number of aromatic nitrogens is 2. The van der Waals surface area contributed by atoms with Gasteiger partial charge in [-0.2, -0.15) is 5.10 Å². The zero-order valence-electron chi connectivity index (χ0n) is 14.0. The molecule has 2 amide bonds. The standard InChI is InChI=1S/C17H20N4O3/c1-10-6-13(11(2)24-10)17(23)20-5-4-14-15(20)7-16(22)21(14)12-8-18-19(3)9-12/h6,8-9,14-15H,4-5,7H2,1-3H3/t14-,15+/m1/s1. The van der Waals surface area contributed by atoms with Crippen LogP contribution in [0.15, 0.2) is 22.9 Å². The lowest BCUT2D eigenvalue weighted by atomic mass is 10.1. The van der Waals surface area contributed by atoms with Gasteiger partial charge in [-0.1, -0.05) is 0 Å². The summed E-state index contributed by atoms with van der Waals surface area (Å²) in [5.41, 5.74) is 1.40. The van der Waals surface area contributed by atoms with Gasteiger partial charge in [0.25, 0.3) is 5.91 Å². The molecule has 0 saturated carbocycles. The molecule has 7 heteroatoms. The molecular weight excluding hydrogens is 308 g/mol. The fraction of sp³-hybridized carbons (Fsp3) is 0.471. The molecule has 2 aliphatic rings. The topological polar surface area (TPSA) is 71.6 Å². The average Bonchev–Trinajstić information content (AvgIpc) is 3.24. The summed E-state index contributed by atoms with van der Waals surface area (Å²) in [5, 5.41) is 4.16. The highest BCUT2D eigenvalue weighted by Gasteiger charge is 2.49. The van der Waals surface area contributed by atoms with Crippen molar-refractivity contribution in [2.24, 2.45) is 7.05 Å². The average molecular weight is 328 g/mol. The van der Waals surface area contributed by atoms with Crippen molar-refractivity contribution in [2.45, 2.75) is 38.8 Å². The van der Waals surface area contributed by atoms with Gasteiger partial charge in [0.15, 0.2) is 0 Å². The van der Waals surface area contributed by atoms with E-state index in [-0.39, 0.29) is 23.9 Å². The van der Waals surface area contributed by atoms with Gasteiger partial charge in [0.05, 0.1) is 29.5 Å². The Hall–Kier alpha value is -2.57. The Bertz CT molecular complexity index is 822. The Balaban J connectivity index is 1.61. The van der Waals surface area contributed by atoms with E-state index in [0.717, 1.165) is 17.9 Å². The lowest BCUT2D eigenvalue weighted by Crippen LogP contribution is -2.40. The van der Waals surface area contributed by atoms with E-state index < -0.39 is 0 Å². The third kappa shape index (κ3) is 2.15. The number of aryl methyl sites for hydroxylation is 3. The minimum atomic E-state index is -0.0835. The van der Waals surface area contributed by atoms with Crippen LogP contribution >= 0.6 is 0 Å². The lowest BCUT2D eigenvalue weighted by Gasteiger charge is -2.24. The summed E-state index contributed by atoms with van der Waals surface area (Å²) in [6.07, 6.45) is 4.69. The second-order valence-corrected chi connectivity index (χ2v) is 6.59. The molecule has 2 aromatic heterocycles. The third-order valence-electron chi connectivity index (χ3n) is 5.00. The van der Waals surface area contributed by atoms with Crippen LogP contribution in [0, 0.1) is 13.8 Å². The normalized spacial score (nSPS) is 23.2. The molecule has 2 aliphatic heterocycles. The van der Waals surface area contributed by atoms with Gasteiger partial charge in [-0.25, -0.2) is 0 Å². The SMILES string of the molecule is Cc1cc(C(=O)N2CC[C@@H]3[C@@H]2CC(=O)N3c2cnn(C)c2)c(C)o1. The second kappa shape index (κ2) is 5.22. The van der Waals surface area contributed by atoms with E-state index in [1.807, 2.05) is 25.1 Å². The Morgan fingerprint density at radius 2 is 2.12 bits per heavy atom. The monoisotopic (exact) mass is 328 g/mol. The van der Waals surface area contributed by atoms with Crippen LogP contribution in [0.3, 0.4) is 0 Å². The van der Waals surface area contributed by atoms with Crippen molar-refractivity contribution in [3.05, 3.63) is 35.5 Å². The fourth-order valence-electron chi connectivity index (χ4n) is 3.97. The van der Waals surface area contributed by atoms with Crippen molar-refractivity contribution in [1.29, 1.82) is 0 Å².